The molecule has 1 N–H and O–H groups in total. The van der Waals surface area contributed by atoms with Crippen LogP contribution in [-0.4, -0.2) is 37.6 Å². The van der Waals surface area contributed by atoms with Crippen LogP contribution in [-0.2, 0) is 6.54 Å². The zero-order valence-electron chi connectivity index (χ0n) is 16.2. The first-order valence-electron chi connectivity index (χ1n) is 9.34. The van der Waals surface area contributed by atoms with Gasteiger partial charge in [0.1, 0.15) is 29.5 Å². The Morgan fingerprint density at radius 1 is 1.10 bits per heavy atom. The summed E-state index contributed by atoms with van der Waals surface area (Å²) in [6, 6.07) is 17.2. The highest BCUT2D eigenvalue weighted by Gasteiger charge is 2.10. The Kier molecular flexibility index (Phi) is 5.57. The van der Waals surface area contributed by atoms with Crippen LogP contribution < -0.4 is 10.1 Å². The van der Waals surface area contributed by atoms with Crippen molar-refractivity contribution < 1.29 is 4.74 Å². The fourth-order valence-electron chi connectivity index (χ4n) is 3.02. The molecule has 0 bridgehead atoms. The van der Waals surface area contributed by atoms with E-state index in [1.54, 1.807) is 0 Å². The van der Waals surface area contributed by atoms with E-state index in [2.05, 4.69) is 25.6 Å². The van der Waals surface area contributed by atoms with Gasteiger partial charge in [0, 0.05) is 11.1 Å². The number of nitrogens with zero attached hydrogens (tertiary/aromatic N) is 5. The van der Waals surface area contributed by atoms with Gasteiger partial charge in [-0.05, 0) is 50.2 Å². The maximum absolute atomic E-state index is 5.90. The molecule has 2 aromatic carbocycles. The van der Waals surface area contributed by atoms with Crippen LogP contribution in [0.5, 0.6) is 5.75 Å². The molecule has 1 atom stereocenters. The van der Waals surface area contributed by atoms with Crippen LogP contribution in [0.4, 0.5) is 5.82 Å². The van der Waals surface area contributed by atoms with E-state index in [1.165, 1.54) is 0 Å². The summed E-state index contributed by atoms with van der Waals surface area (Å²) in [6.45, 7) is 4.93. The molecule has 7 nitrogen and oxygen atoms in total. The predicted octanol–water partition coefficient (Wildman–Crippen LogP) is 4.11. The molecule has 0 aliphatic rings. The lowest BCUT2D eigenvalue weighted by Crippen LogP contribution is -2.24. The van der Waals surface area contributed by atoms with Gasteiger partial charge in [-0.2, -0.15) is 0 Å². The molecule has 0 fully saturated rings. The number of fused-ring (bicyclic) bond motifs is 1. The number of aryl methyl sites for hydroxylation is 1. The standard InChI is InChI=1S/C21H21ClN6O/c1-14(13-29-18-9-7-16(22)8-10-18)23-21-11-17(24-15(2)25-21)12-28-20-6-4-3-5-19(20)26-27-28/h3-11,14H,12-13H2,1-2H3,(H,23,24,25). The van der Waals surface area contributed by atoms with Crippen molar-refractivity contribution in [1.29, 1.82) is 0 Å². The average molecular weight is 409 g/mol. The minimum absolute atomic E-state index is 0.0556. The Morgan fingerprint density at radius 3 is 2.72 bits per heavy atom. The summed E-state index contributed by atoms with van der Waals surface area (Å²) in [6.07, 6.45) is 0. The van der Waals surface area contributed by atoms with E-state index in [1.807, 2.05) is 73.1 Å². The number of para-hydroxylation sites is 1. The Bertz CT molecular complexity index is 1110. The van der Waals surface area contributed by atoms with Crippen molar-refractivity contribution in [1.82, 2.24) is 25.0 Å². The fourth-order valence-corrected chi connectivity index (χ4v) is 3.14. The summed E-state index contributed by atoms with van der Waals surface area (Å²) in [7, 11) is 0. The van der Waals surface area contributed by atoms with Crippen molar-refractivity contribution in [3.63, 3.8) is 0 Å². The molecule has 0 aliphatic heterocycles. The maximum Gasteiger partial charge on any atom is 0.130 e. The first kappa shape index (κ1) is 19.1. The van der Waals surface area contributed by atoms with Crippen LogP contribution in [0.2, 0.25) is 5.02 Å². The normalized spacial score (nSPS) is 12.1. The zero-order chi connectivity index (χ0) is 20.2. The first-order chi connectivity index (χ1) is 14.1. The molecular weight excluding hydrogens is 388 g/mol. The topological polar surface area (TPSA) is 77.8 Å². The molecule has 0 spiro atoms. The molecule has 148 valence electrons. The highest BCUT2D eigenvalue weighted by molar-refractivity contribution is 6.30. The maximum atomic E-state index is 5.90. The molecule has 29 heavy (non-hydrogen) atoms. The second kappa shape index (κ2) is 8.45. The van der Waals surface area contributed by atoms with Crippen molar-refractivity contribution in [3.05, 3.63) is 71.1 Å². The van der Waals surface area contributed by atoms with Crippen molar-refractivity contribution in [2.75, 3.05) is 11.9 Å². The smallest absolute Gasteiger partial charge is 0.130 e. The minimum atomic E-state index is 0.0556. The number of halogens is 1. The van der Waals surface area contributed by atoms with E-state index in [-0.39, 0.29) is 6.04 Å². The summed E-state index contributed by atoms with van der Waals surface area (Å²) in [5, 5.41) is 12.5. The fraction of sp³-hybridized carbons (Fsp3) is 0.238. The lowest BCUT2D eigenvalue weighted by molar-refractivity contribution is 0.303. The number of ether oxygens (including phenoxy) is 1. The summed E-state index contributed by atoms with van der Waals surface area (Å²) in [5.41, 5.74) is 2.70. The Balaban J connectivity index is 1.43. The van der Waals surface area contributed by atoms with E-state index in [9.17, 15) is 0 Å². The van der Waals surface area contributed by atoms with Crippen molar-refractivity contribution in [2.45, 2.75) is 26.4 Å². The summed E-state index contributed by atoms with van der Waals surface area (Å²) >= 11 is 5.90. The van der Waals surface area contributed by atoms with Crippen LogP contribution in [0.25, 0.3) is 11.0 Å². The molecule has 4 rings (SSSR count). The van der Waals surface area contributed by atoms with Crippen molar-refractivity contribution in [3.8, 4) is 5.75 Å². The molecule has 1 unspecified atom stereocenters. The van der Waals surface area contributed by atoms with E-state index < -0.39 is 0 Å². The molecule has 8 heteroatoms. The second-order valence-electron chi connectivity index (χ2n) is 6.84. The third kappa shape index (κ3) is 4.81. The van der Waals surface area contributed by atoms with Gasteiger partial charge in [-0.1, -0.05) is 28.9 Å². The molecule has 0 radical (unpaired) electrons. The van der Waals surface area contributed by atoms with Crippen LogP contribution in [0.15, 0.2) is 54.6 Å². The highest BCUT2D eigenvalue weighted by atomic mass is 35.5. The van der Waals surface area contributed by atoms with Gasteiger partial charge in [-0.25, -0.2) is 14.6 Å². The molecule has 0 aliphatic carbocycles. The quantitative estimate of drug-likeness (QED) is 0.495. The van der Waals surface area contributed by atoms with Gasteiger partial charge < -0.3 is 10.1 Å². The lowest BCUT2D eigenvalue weighted by Gasteiger charge is -2.16. The molecule has 4 aromatic rings. The number of hydrogen-bond donors (Lipinski definition) is 1. The highest BCUT2D eigenvalue weighted by Crippen LogP contribution is 2.17. The number of hydrogen-bond acceptors (Lipinski definition) is 6. The Morgan fingerprint density at radius 2 is 1.90 bits per heavy atom. The van der Waals surface area contributed by atoms with E-state index in [4.69, 9.17) is 16.3 Å². The Labute approximate surface area is 173 Å². The summed E-state index contributed by atoms with van der Waals surface area (Å²) in [4.78, 5) is 9.03. The van der Waals surface area contributed by atoms with Gasteiger partial charge in [0.2, 0.25) is 0 Å². The van der Waals surface area contributed by atoms with Crippen LogP contribution >= 0.6 is 11.6 Å². The zero-order valence-corrected chi connectivity index (χ0v) is 17.0. The van der Waals surface area contributed by atoms with Gasteiger partial charge in [0.25, 0.3) is 0 Å². The van der Waals surface area contributed by atoms with Gasteiger partial charge in [0.15, 0.2) is 0 Å². The molecule has 0 saturated heterocycles. The third-order valence-corrected chi connectivity index (χ3v) is 4.58. The minimum Gasteiger partial charge on any atom is -0.491 e. The Hall–Kier alpha value is -3.19. The predicted molar refractivity (Wildman–Crippen MR) is 113 cm³/mol. The number of aromatic nitrogens is 5. The molecule has 0 saturated carbocycles. The van der Waals surface area contributed by atoms with Gasteiger partial charge in [0.05, 0.1) is 23.8 Å². The number of anilines is 1. The van der Waals surface area contributed by atoms with E-state index >= 15 is 0 Å². The molecule has 2 heterocycles. The molecule has 0 amide bonds. The largest absolute Gasteiger partial charge is 0.491 e. The number of nitrogens with one attached hydrogen (secondary N) is 1. The number of rotatable bonds is 7. The van der Waals surface area contributed by atoms with Crippen LogP contribution in [0.1, 0.15) is 18.4 Å². The van der Waals surface area contributed by atoms with E-state index in [0.29, 0.717) is 24.0 Å². The van der Waals surface area contributed by atoms with E-state index in [0.717, 1.165) is 28.3 Å². The van der Waals surface area contributed by atoms with Gasteiger partial charge >= 0.3 is 0 Å². The van der Waals surface area contributed by atoms with Gasteiger partial charge in [-0.3, -0.25) is 0 Å². The van der Waals surface area contributed by atoms with Crippen molar-refractivity contribution >= 4 is 28.5 Å². The van der Waals surface area contributed by atoms with Crippen LogP contribution in [0.3, 0.4) is 0 Å². The summed E-state index contributed by atoms with van der Waals surface area (Å²) in [5.74, 6) is 2.23. The lowest BCUT2D eigenvalue weighted by atomic mass is 10.3. The SMILES string of the molecule is Cc1nc(Cn2nnc3ccccc32)cc(NC(C)COc2ccc(Cl)cc2)n1. The monoisotopic (exact) mass is 408 g/mol. The number of benzene rings is 2. The van der Waals surface area contributed by atoms with Crippen molar-refractivity contribution in [2.24, 2.45) is 0 Å². The average Bonchev–Trinajstić information content (AvgIpc) is 3.10. The van der Waals surface area contributed by atoms with Crippen LogP contribution in [0, 0.1) is 6.92 Å². The molecule has 2 aromatic heterocycles. The first-order valence-corrected chi connectivity index (χ1v) is 9.72. The third-order valence-electron chi connectivity index (χ3n) is 4.33. The van der Waals surface area contributed by atoms with Gasteiger partial charge in [-0.15, -0.1) is 5.10 Å². The molecular formula is C21H21ClN6O. The second-order valence-corrected chi connectivity index (χ2v) is 7.27. The summed E-state index contributed by atoms with van der Waals surface area (Å²) < 4.78 is 7.64.